The fraction of sp³-hybridized carbons (Fsp3) is 0.533. The van der Waals surface area contributed by atoms with Crippen molar-refractivity contribution in [3.8, 4) is 0 Å². The van der Waals surface area contributed by atoms with Crippen molar-refractivity contribution in [3.63, 3.8) is 0 Å². The molecule has 0 amide bonds. The van der Waals surface area contributed by atoms with Gasteiger partial charge in [0.25, 0.3) is 0 Å². The lowest BCUT2D eigenvalue weighted by atomic mass is 9.67. The van der Waals surface area contributed by atoms with E-state index in [1.807, 2.05) is 0 Å². The van der Waals surface area contributed by atoms with Gasteiger partial charge >= 0.3 is 0 Å². The molecule has 0 radical (unpaired) electrons. The van der Waals surface area contributed by atoms with E-state index < -0.39 is 10.0 Å². The van der Waals surface area contributed by atoms with Crippen LogP contribution in [0.2, 0.25) is 0 Å². The summed E-state index contributed by atoms with van der Waals surface area (Å²) < 4.78 is 28.6. The Morgan fingerprint density at radius 3 is 2.50 bits per heavy atom. The first kappa shape index (κ1) is 28.8. The molecule has 2 aliphatic carbocycles. The highest BCUT2D eigenvalue weighted by molar-refractivity contribution is 7.89. The van der Waals surface area contributed by atoms with Gasteiger partial charge in [-0.25, -0.2) is 12.7 Å². The van der Waals surface area contributed by atoms with Crippen molar-refractivity contribution in [2.45, 2.75) is 59.3 Å². The molecule has 0 aromatic heterocycles. The number of thiol groups is 1. The second kappa shape index (κ2) is 11.7. The molecule has 0 heterocycles. The van der Waals surface area contributed by atoms with E-state index >= 15 is 0 Å². The van der Waals surface area contributed by atoms with Crippen LogP contribution >= 0.6 is 12.6 Å². The van der Waals surface area contributed by atoms with Crippen LogP contribution in [0.1, 0.15) is 65.0 Å². The lowest BCUT2D eigenvalue weighted by Crippen LogP contribution is -2.36. The lowest BCUT2D eigenvalue weighted by molar-refractivity contribution is 0.423. The SMILES string of the molecule is CCCCN(CCS)S(=O)(=O)C/C(=C/C(C)C)C1=CC2=Cc3ccc(N(C)C)cc3C(C)(C)C2=CC1. The highest BCUT2D eigenvalue weighted by Crippen LogP contribution is 2.47. The van der Waals surface area contributed by atoms with E-state index in [0.29, 0.717) is 18.8 Å². The van der Waals surface area contributed by atoms with E-state index in [4.69, 9.17) is 0 Å². The molecule has 6 heteroatoms. The average Bonchev–Trinajstić information content (AvgIpc) is 2.80. The molecule has 4 nitrogen and oxygen atoms in total. The van der Waals surface area contributed by atoms with Gasteiger partial charge < -0.3 is 4.90 Å². The topological polar surface area (TPSA) is 40.6 Å². The minimum atomic E-state index is -3.43. The van der Waals surface area contributed by atoms with E-state index in [1.54, 1.807) is 4.31 Å². The minimum Gasteiger partial charge on any atom is -0.378 e. The first-order valence-corrected chi connectivity index (χ1v) is 15.4. The number of fused-ring (bicyclic) bond motifs is 2. The number of allylic oxidation sites excluding steroid dienone is 6. The number of hydrogen-bond acceptors (Lipinski definition) is 4. The monoisotopic (exact) mass is 528 g/mol. The Morgan fingerprint density at radius 2 is 1.89 bits per heavy atom. The zero-order valence-corrected chi connectivity index (χ0v) is 24.8. The molecular formula is C30H44N2O2S2. The van der Waals surface area contributed by atoms with E-state index in [0.717, 1.165) is 30.4 Å². The predicted molar refractivity (Wildman–Crippen MR) is 160 cm³/mol. The molecule has 198 valence electrons. The molecular weight excluding hydrogens is 484 g/mol. The van der Waals surface area contributed by atoms with Crippen molar-refractivity contribution in [3.05, 3.63) is 69.8 Å². The summed E-state index contributed by atoms with van der Waals surface area (Å²) in [6.45, 7) is 11.9. The van der Waals surface area contributed by atoms with Gasteiger partial charge in [0.2, 0.25) is 10.0 Å². The molecule has 0 spiro atoms. The number of sulfonamides is 1. The zero-order valence-electron chi connectivity index (χ0n) is 23.1. The Kier molecular flexibility index (Phi) is 9.40. The Labute approximate surface area is 225 Å². The number of nitrogens with zero attached hydrogens (tertiary/aromatic N) is 2. The van der Waals surface area contributed by atoms with Gasteiger partial charge in [0, 0.05) is 44.0 Å². The van der Waals surface area contributed by atoms with Gasteiger partial charge in [-0.2, -0.15) is 12.6 Å². The van der Waals surface area contributed by atoms with Crippen LogP contribution in [0, 0.1) is 5.92 Å². The Hall–Kier alpha value is -1.76. The van der Waals surface area contributed by atoms with Gasteiger partial charge in [-0.3, -0.25) is 0 Å². The van der Waals surface area contributed by atoms with Crippen LogP contribution < -0.4 is 4.90 Å². The lowest BCUT2D eigenvalue weighted by Gasteiger charge is -2.38. The standard InChI is InChI=1S/C30H44N2O2S2/c1-8-9-14-32(15-16-35)36(33,34)21-26(17-22(2)3)23-11-13-28-25(18-23)19-24-10-12-27(31(6)7)20-29(24)30(28,4)5/h10,12-13,17-20,22,35H,8-9,11,14-16,21H2,1-7H3/b26-17-. The maximum Gasteiger partial charge on any atom is 0.218 e. The van der Waals surface area contributed by atoms with E-state index in [1.165, 1.54) is 28.0 Å². The Bertz CT molecular complexity index is 1190. The fourth-order valence-electron chi connectivity index (χ4n) is 5.19. The molecule has 0 unspecified atom stereocenters. The normalized spacial score (nSPS) is 17.4. The van der Waals surface area contributed by atoms with E-state index in [9.17, 15) is 8.42 Å². The van der Waals surface area contributed by atoms with E-state index in [2.05, 4.69) is 109 Å². The molecule has 36 heavy (non-hydrogen) atoms. The number of benzene rings is 1. The predicted octanol–water partition coefficient (Wildman–Crippen LogP) is 6.63. The Morgan fingerprint density at radius 1 is 1.17 bits per heavy atom. The van der Waals surface area contributed by atoms with Crippen LogP contribution in [-0.2, 0) is 15.4 Å². The van der Waals surface area contributed by atoms with Gasteiger partial charge in [-0.05, 0) is 70.4 Å². The number of unbranched alkanes of at least 4 members (excludes halogenated alkanes) is 1. The van der Waals surface area contributed by atoms with Gasteiger partial charge in [0.1, 0.15) is 0 Å². The highest BCUT2D eigenvalue weighted by atomic mass is 32.2. The average molecular weight is 529 g/mol. The zero-order chi connectivity index (χ0) is 26.7. The quantitative estimate of drug-likeness (QED) is 0.328. The summed E-state index contributed by atoms with van der Waals surface area (Å²) >= 11 is 4.32. The molecule has 0 atom stereocenters. The third-order valence-corrected chi connectivity index (χ3v) is 9.19. The summed E-state index contributed by atoms with van der Waals surface area (Å²) in [5, 5.41) is 0. The fourth-order valence-corrected chi connectivity index (χ4v) is 7.20. The molecule has 1 aromatic carbocycles. The number of anilines is 1. The number of hydrogen-bond donors (Lipinski definition) is 1. The summed E-state index contributed by atoms with van der Waals surface area (Å²) in [6.07, 6.45) is 11.5. The second-order valence-electron chi connectivity index (χ2n) is 11.1. The number of rotatable bonds is 11. The summed E-state index contributed by atoms with van der Waals surface area (Å²) in [4.78, 5) is 2.14. The van der Waals surface area contributed by atoms with Crippen molar-refractivity contribution in [2.75, 3.05) is 43.6 Å². The molecule has 0 saturated heterocycles. The minimum absolute atomic E-state index is 0.0388. The summed E-state index contributed by atoms with van der Waals surface area (Å²) in [6, 6.07) is 6.67. The van der Waals surface area contributed by atoms with Gasteiger partial charge in [0.05, 0.1) is 5.75 Å². The van der Waals surface area contributed by atoms with Crippen molar-refractivity contribution < 1.29 is 8.42 Å². The summed E-state index contributed by atoms with van der Waals surface area (Å²) in [5.41, 5.74) is 8.19. The first-order chi connectivity index (χ1) is 16.9. The molecule has 3 rings (SSSR count). The van der Waals surface area contributed by atoms with Crippen LogP contribution in [0.4, 0.5) is 5.69 Å². The molecule has 0 fully saturated rings. The molecule has 1 aromatic rings. The van der Waals surface area contributed by atoms with Crippen LogP contribution in [0.15, 0.2) is 58.7 Å². The van der Waals surface area contributed by atoms with Gasteiger partial charge in [-0.15, -0.1) is 0 Å². The second-order valence-corrected chi connectivity index (χ2v) is 13.5. The molecule has 0 bridgehead atoms. The van der Waals surface area contributed by atoms with Crippen LogP contribution in [0.5, 0.6) is 0 Å². The van der Waals surface area contributed by atoms with Gasteiger partial charge in [-0.1, -0.05) is 65.3 Å². The highest BCUT2D eigenvalue weighted by Gasteiger charge is 2.35. The molecule has 0 saturated carbocycles. The van der Waals surface area contributed by atoms with Crippen molar-refractivity contribution in [1.82, 2.24) is 4.31 Å². The maximum atomic E-state index is 13.5. The molecule has 2 aliphatic rings. The third kappa shape index (κ3) is 6.38. The van der Waals surface area contributed by atoms with Crippen LogP contribution in [0.3, 0.4) is 0 Å². The largest absolute Gasteiger partial charge is 0.378 e. The van der Waals surface area contributed by atoms with Crippen LogP contribution in [-0.4, -0.2) is 51.4 Å². The van der Waals surface area contributed by atoms with Crippen molar-refractivity contribution in [1.29, 1.82) is 0 Å². The van der Waals surface area contributed by atoms with E-state index in [-0.39, 0.29) is 17.1 Å². The maximum absolute atomic E-state index is 13.5. The first-order valence-electron chi connectivity index (χ1n) is 13.2. The summed E-state index contributed by atoms with van der Waals surface area (Å²) in [7, 11) is 0.713. The van der Waals surface area contributed by atoms with Gasteiger partial charge in [0.15, 0.2) is 0 Å². The van der Waals surface area contributed by atoms with Crippen molar-refractivity contribution in [2.24, 2.45) is 5.92 Å². The Balaban J connectivity index is 2.00. The smallest absolute Gasteiger partial charge is 0.218 e. The third-order valence-electron chi connectivity index (χ3n) is 7.17. The van der Waals surface area contributed by atoms with Crippen LogP contribution in [0.25, 0.3) is 6.08 Å². The molecule has 0 aliphatic heterocycles. The summed E-state index contributed by atoms with van der Waals surface area (Å²) in [5.74, 6) is 0.826. The molecule has 0 N–H and O–H groups in total. The van der Waals surface area contributed by atoms with Crippen molar-refractivity contribution >= 4 is 34.4 Å².